The molecule has 0 unspecified atom stereocenters. The summed E-state index contributed by atoms with van der Waals surface area (Å²) in [6.07, 6.45) is 1.75. The quantitative estimate of drug-likeness (QED) is 0.650. The Morgan fingerprint density at radius 3 is 2.81 bits per heavy atom. The van der Waals surface area contributed by atoms with E-state index in [2.05, 4.69) is 22.4 Å². The number of amides is 2. The fraction of sp³-hybridized carbons (Fsp3) is 0.235. The van der Waals surface area contributed by atoms with Gasteiger partial charge in [-0.2, -0.15) is 0 Å². The Bertz CT molecular complexity index is 780. The first-order valence-corrected chi connectivity index (χ1v) is 8.03. The Morgan fingerprint density at radius 2 is 2.12 bits per heavy atom. The summed E-state index contributed by atoms with van der Waals surface area (Å²) in [4.78, 5) is 23.5. The number of ether oxygens (including phenoxy) is 1. The number of carbonyl (C=O) groups is 2. The summed E-state index contributed by atoms with van der Waals surface area (Å²) in [5.41, 5.74) is 0.311. The van der Waals surface area contributed by atoms with Crippen molar-refractivity contribution in [3.63, 3.8) is 0 Å². The summed E-state index contributed by atoms with van der Waals surface area (Å²) in [7, 11) is 0. The molecule has 0 atom stereocenters. The van der Waals surface area contributed by atoms with Crippen LogP contribution >= 0.6 is 11.6 Å². The molecule has 0 radical (unpaired) electrons. The molecule has 0 aliphatic heterocycles. The topological polar surface area (TPSA) is 93.5 Å². The van der Waals surface area contributed by atoms with E-state index in [1.807, 2.05) is 0 Å². The first kappa shape index (κ1) is 19.5. The molecule has 0 saturated heterocycles. The lowest BCUT2D eigenvalue weighted by molar-refractivity contribution is -0.123. The van der Waals surface area contributed by atoms with E-state index in [0.29, 0.717) is 11.3 Å². The molecular weight excluding hydrogens is 365 g/mol. The third kappa shape index (κ3) is 6.21. The Balaban J connectivity index is 1.63. The van der Waals surface area contributed by atoms with E-state index in [0.717, 1.165) is 6.07 Å². The number of aromatic nitrogens is 1. The summed E-state index contributed by atoms with van der Waals surface area (Å²) in [6, 6.07) is 5.52. The Morgan fingerprint density at radius 1 is 1.31 bits per heavy atom. The lowest BCUT2D eigenvalue weighted by atomic mass is 10.2. The van der Waals surface area contributed by atoms with E-state index < -0.39 is 11.7 Å². The molecule has 2 aromatic rings. The highest BCUT2D eigenvalue weighted by atomic mass is 35.5. The monoisotopic (exact) mass is 381 g/mol. The molecule has 26 heavy (non-hydrogen) atoms. The number of carbonyl (C=O) groups excluding carboxylic acids is 2. The third-order valence-electron chi connectivity index (χ3n) is 3.25. The van der Waals surface area contributed by atoms with Gasteiger partial charge in [-0.05, 0) is 18.6 Å². The van der Waals surface area contributed by atoms with Crippen molar-refractivity contribution < 1.29 is 23.2 Å². The van der Waals surface area contributed by atoms with Gasteiger partial charge < -0.3 is 19.9 Å². The van der Waals surface area contributed by atoms with Crippen LogP contribution in [-0.4, -0.2) is 30.1 Å². The van der Waals surface area contributed by atoms with Crippen molar-refractivity contribution in [1.29, 1.82) is 0 Å². The summed E-state index contributed by atoms with van der Waals surface area (Å²) in [6.45, 7) is 3.80. The minimum absolute atomic E-state index is 0.0260. The molecule has 0 bridgehead atoms. The normalized spacial score (nSPS) is 10.2. The second-order valence-electron chi connectivity index (χ2n) is 5.23. The van der Waals surface area contributed by atoms with Crippen LogP contribution in [0.5, 0.6) is 5.75 Å². The molecule has 0 fully saturated rings. The zero-order valence-corrected chi connectivity index (χ0v) is 14.5. The SMILES string of the molecule is C=C(CCNC(=O)COc1ccc(Cl)c(F)c1)C(=O)NCc1ccno1. The summed E-state index contributed by atoms with van der Waals surface area (Å²) in [5.74, 6) is -0.663. The van der Waals surface area contributed by atoms with Crippen LogP contribution in [0.3, 0.4) is 0 Å². The largest absolute Gasteiger partial charge is 0.484 e. The van der Waals surface area contributed by atoms with Gasteiger partial charge in [0, 0.05) is 24.3 Å². The fourth-order valence-corrected chi connectivity index (χ4v) is 1.98. The highest BCUT2D eigenvalue weighted by molar-refractivity contribution is 6.30. The molecule has 1 heterocycles. The molecule has 7 nitrogen and oxygen atoms in total. The van der Waals surface area contributed by atoms with E-state index in [-0.39, 0.29) is 42.8 Å². The van der Waals surface area contributed by atoms with Crippen LogP contribution in [0.15, 0.2) is 47.1 Å². The summed E-state index contributed by atoms with van der Waals surface area (Å²) >= 11 is 5.56. The van der Waals surface area contributed by atoms with E-state index in [9.17, 15) is 14.0 Å². The zero-order chi connectivity index (χ0) is 18.9. The average Bonchev–Trinajstić information content (AvgIpc) is 3.14. The van der Waals surface area contributed by atoms with Gasteiger partial charge in [-0.25, -0.2) is 4.39 Å². The van der Waals surface area contributed by atoms with Crippen molar-refractivity contribution in [2.45, 2.75) is 13.0 Å². The lowest BCUT2D eigenvalue weighted by Crippen LogP contribution is -2.31. The minimum atomic E-state index is -0.628. The molecule has 2 rings (SSSR count). The number of nitrogens with zero attached hydrogens (tertiary/aromatic N) is 1. The third-order valence-corrected chi connectivity index (χ3v) is 3.55. The van der Waals surface area contributed by atoms with Gasteiger partial charge in [-0.3, -0.25) is 9.59 Å². The van der Waals surface area contributed by atoms with Gasteiger partial charge in [0.05, 0.1) is 17.8 Å². The van der Waals surface area contributed by atoms with Crippen LogP contribution in [0, 0.1) is 5.82 Å². The molecule has 0 aliphatic rings. The number of hydrogen-bond acceptors (Lipinski definition) is 5. The molecule has 0 saturated carbocycles. The average molecular weight is 382 g/mol. The molecule has 0 aliphatic carbocycles. The molecule has 1 aromatic carbocycles. The van der Waals surface area contributed by atoms with Crippen LogP contribution in [0.4, 0.5) is 4.39 Å². The second-order valence-corrected chi connectivity index (χ2v) is 5.64. The molecule has 2 amide bonds. The van der Waals surface area contributed by atoms with E-state index in [4.69, 9.17) is 20.9 Å². The highest BCUT2D eigenvalue weighted by Gasteiger charge is 2.09. The fourth-order valence-electron chi connectivity index (χ4n) is 1.86. The Labute approximate surface area is 154 Å². The summed E-state index contributed by atoms with van der Waals surface area (Å²) < 4.78 is 23.3. The van der Waals surface area contributed by atoms with Crippen molar-refractivity contribution >= 4 is 23.4 Å². The predicted molar refractivity (Wildman–Crippen MR) is 92.0 cm³/mol. The van der Waals surface area contributed by atoms with Gasteiger partial charge in [0.25, 0.3) is 5.91 Å². The van der Waals surface area contributed by atoms with Crippen LogP contribution < -0.4 is 15.4 Å². The maximum absolute atomic E-state index is 13.3. The maximum atomic E-state index is 13.3. The van der Waals surface area contributed by atoms with Crippen molar-refractivity contribution in [1.82, 2.24) is 15.8 Å². The minimum Gasteiger partial charge on any atom is -0.484 e. The highest BCUT2D eigenvalue weighted by Crippen LogP contribution is 2.20. The molecule has 0 spiro atoms. The van der Waals surface area contributed by atoms with Gasteiger partial charge in [-0.1, -0.05) is 23.3 Å². The summed E-state index contributed by atoms with van der Waals surface area (Å²) in [5, 5.41) is 8.71. The van der Waals surface area contributed by atoms with Crippen LogP contribution in [-0.2, 0) is 16.1 Å². The molecule has 138 valence electrons. The molecule has 1 aromatic heterocycles. The Kier molecular flexibility index (Phi) is 7.16. The van der Waals surface area contributed by atoms with E-state index >= 15 is 0 Å². The first-order valence-electron chi connectivity index (χ1n) is 7.66. The standard InChI is InChI=1S/C17H17ClFN3O4/c1-11(17(24)21-9-13-5-7-22-26-13)4-6-20-16(23)10-25-12-2-3-14(18)15(19)8-12/h2-3,5,7-8H,1,4,6,9-10H2,(H,20,23)(H,21,24). The number of benzene rings is 1. The number of nitrogens with one attached hydrogen (secondary N) is 2. The Hall–Kier alpha value is -2.87. The van der Waals surface area contributed by atoms with Crippen molar-refractivity contribution in [3.8, 4) is 5.75 Å². The van der Waals surface area contributed by atoms with Crippen LogP contribution in [0.25, 0.3) is 0 Å². The van der Waals surface area contributed by atoms with Gasteiger partial charge in [-0.15, -0.1) is 0 Å². The van der Waals surface area contributed by atoms with E-state index in [1.165, 1.54) is 18.3 Å². The number of rotatable bonds is 9. The van der Waals surface area contributed by atoms with Gasteiger partial charge in [0.1, 0.15) is 11.6 Å². The van der Waals surface area contributed by atoms with Gasteiger partial charge >= 0.3 is 0 Å². The van der Waals surface area contributed by atoms with Crippen LogP contribution in [0.2, 0.25) is 5.02 Å². The predicted octanol–water partition coefficient (Wildman–Crippen LogP) is 2.22. The molecular formula is C17H17ClFN3O4. The maximum Gasteiger partial charge on any atom is 0.257 e. The number of hydrogen-bond donors (Lipinski definition) is 2. The van der Waals surface area contributed by atoms with Gasteiger partial charge in [0.2, 0.25) is 5.91 Å². The van der Waals surface area contributed by atoms with Crippen molar-refractivity contribution in [3.05, 3.63) is 59.2 Å². The second kappa shape index (κ2) is 9.57. The van der Waals surface area contributed by atoms with Crippen LogP contribution in [0.1, 0.15) is 12.2 Å². The first-order chi connectivity index (χ1) is 12.5. The smallest absolute Gasteiger partial charge is 0.257 e. The zero-order valence-electron chi connectivity index (χ0n) is 13.8. The molecule has 9 heteroatoms. The number of halogens is 2. The van der Waals surface area contributed by atoms with Gasteiger partial charge in [0.15, 0.2) is 12.4 Å². The van der Waals surface area contributed by atoms with Crippen molar-refractivity contribution in [2.24, 2.45) is 0 Å². The molecule has 2 N–H and O–H groups in total. The van der Waals surface area contributed by atoms with Crippen molar-refractivity contribution in [2.75, 3.05) is 13.2 Å². The lowest BCUT2D eigenvalue weighted by Gasteiger charge is -2.09. The van der Waals surface area contributed by atoms with E-state index in [1.54, 1.807) is 6.07 Å².